The fourth-order valence-corrected chi connectivity index (χ4v) is 2.08. The van der Waals surface area contributed by atoms with Crippen LogP contribution in [0.1, 0.15) is 36.9 Å². The second-order valence-electron chi connectivity index (χ2n) is 5.33. The van der Waals surface area contributed by atoms with Gasteiger partial charge in [-0.3, -0.25) is 0 Å². The lowest BCUT2D eigenvalue weighted by molar-refractivity contribution is 0.324. The molecule has 0 aliphatic carbocycles. The van der Waals surface area contributed by atoms with Crippen LogP contribution >= 0.6 is 0 Å². The Kier molecular flexibility index (Phi) is 5.84. The quantitative estimate of drug-likeness (QED) is 0.608. The van der Waals surface area contributed by atoms with Gasteiger partial charge in [-0.1, -0.05) is 13.8 Å². The number of ether oxygens (including phenoxy) is 3. The summed E-state index contributed by atoms with van der Waals surface area (Å²) in [5.74, 6) is 2.28. The summed E-state index contributed by atoms with van der Waals surface area (Å²) in [5.41, 5.74) is 3.57. The zero-order valence-corrected chi connectivity index (χ0v) is 14.8. The van der Waals surface area contributed by atoms with Gasteiger partial charge in [-0.25, -0.2) is 10.4 Å². The monoisotopic (exact) mass is 344 g/mol. The molecule has 1 heterocycles. The number of benzene rings is 1. The van der Waals surface area contributed by atoms with Crippen LogP contribution in [0.15, 0.2) is 21.7 Å². The smallest absolute Gasteiger partial charge is 0.252 e. The van der Waals surface area contributed by atoms with Crippen LogP contribution in [0.2, 0.25) is 0 Å². The molecule has 0 spiro atoms. The first-order valence-corrected chi connectivity index (χ1v) is 7.53. The number of nitrogens with one attached hydrogen (secondary N) is 1. The zero-order valence-electron chi connectivity index (χ0n) is 14.8. The van der Waals surface area contributed by atoms with Crippen LogP contribution in [0.4, 0.5) is 5.88 Å². The van der Waals surface area contributed by atoms with E-state index in [2.05, 4.69) is 15.5 Å². The predicted octanol–water partition coefficient (Wildman–Crippen LogP) is 3.14. The molecule has 2 rings (SSSR count). The normalized spacial score (nSPS) is 10.8. The van der Waals surface area contributed by atoms with Crippen molar-refractivity contribution in [2.24, 2.45) is 5.10 Å². The maximum Gasteiger partial charge on any atom is 0.252 e. The fourth-order valence-electron chi connectivity index (χ4n) is 2.08. The van der Waals surface area contributed by atoms with Gasteiger partial charge in [0.15, 0.2) is 11.5 Å². The van der Waals surface area contributed by atoms with Gasteiger partial charge in [0.1, 0.15) is 6.07 Å². The van der Waals surface area contributed by atoms with E-state index in [-0.39, 0.29) is 17.5 Å². The third kappa shape index (κ3) is 4.01. The van der Waals surface area contributed by atoms with Gasteiger partial charge in [0.25, 0.3) is 5.88 Å². The van der Waals surface area contributed by atoms with Crippen LogP contribution in [0.25, 0.3) is 0 Å². The van der Waals surface area contributed by atoms with Crippen molar-refractivity contribution >= 4 is 12.1 Å². The number of hydrazone groups is 1. The average molecular weight is 344 g/mol. The molecule has 0 saturated heterocycles. The highest BCUT2D eigenvalue weighted by Crippen LogP contribution is 2.37. The summed E-state index contributed by atoms with van der Waals surface area (Å²) >= 11 is 0. The molecule has 1 aromatic carbocycles. The Morgan fingerprint density at radius 1 is 1.20 bits per heavy atom. The number of oxazole rings is 1. The molecule has 0 aliphatic rings. The molecule has 8 nitrogen and oxygen atoms in total. The number of rotatable bonds is 7. The zero-order chi connectivity index (χ0) is 18.4. The van der Waals surface area contributed by atoms with E-state index in [4.69, 9.17) is 23.9 Å². The molecule has 0 amide bonds. The second kappa shape index (κ2) is 8.06. The molecule has 0 radical (unpaired) electrons. The Bertz CT molecular complexity index is 780. The lowest BCUT2D eigenvalue weighted by Gasteiger charge is -2.12. The summed E-state index contributed by atoms with van der Waals surface area (Å²) in [4.78, 5) is 4.11. The molecular weight excluding hydrogens is 324 g/mol. The lowest BCUT2D eigenvalue weighted by Crippen LogP contribution is -1.97. The molecule has 132 valence electrons. The summed E-state index contributed by atoms with van der Waals surface area (Å²) < 4.78 is 21.4. The van der Waals surface area contributed by atoms with E-state index in [0.717, 1.165) is 0 Å². The van der Waals surface area contributed by atoms with Gasteiger partial charge >= 0.3 is 0 Å². The Morgan fingerprint density at radius 3 is 2.32 bits per heavy atom. The molecule has 1 aromatic heterocycles. The molecule has 1 N–H and O–H groups in total. The Balaban J connectivity index is 2.24. The number of aromatic nitrogens is 1. The first kappa shape index (κ1) is 18.1. The van der Waals surface area contributed by atoms with Crippen molar-refractivity contribution < 1.29 is 18.6 Å². The van der Waals surface area contributed by atoms with E-state index in [1.165, 1.54) is 21.3 Å². The van der Waals surface area contributed by atoms with Crippen molar-refractivity contribution in [2.45, 2.75) is 19.8 Å². The van der Waals surface area contributed by atoms with Crippen molar-refractivity contribution in [3.8, 4) is 23.3 Å². The van der Waals surface area contributed by atoms with Crippen molar-refractivity contribution in [1.82, 2.24) is 4.98 Å². The Morgan fingerprint density at radius 2 is 1.84 bits per heavy atom. The summed E-state index contributed by atoms with van der Waals surface area (Å²) in [6, 6.07) is 5.47. The van der Waals surface area contributed by atoms with E-state index in [1.54, 1.807) is 18.3 Å². The van der Waals surface area contributed by atoms with Crippen molar-refractivity contribution in [2.75, 3.05) is 26.8 Å². The van der Waals surface area contributed by atoms with Crippen molar-refractivity contribution in [3.05, 3.63) is 29.3 Å². The molecule has 2 aromatic rings. The number of nitriles is 1. The fraction of sp³-hybridized carbons (Fsp3) is 0.353. The first-order valence-electron chi connectivity index (χ1n) is 7.53. The molecule has 0 unspecified atom stereocenters. The summed E-state index contributed by atoms with van der Waals surface area (Å²) in [6.45, 7) is 3.85. The van der Waals surface area contributed by atoms with Gasteiger partial charge in [-0.15, -0.1) is 0 Å². The molecule has 0 aliphatic heterocycles. The average Bonchev–Trinajstić information content (AvgIpc) is 3.04. The topological polar surface area (TPSA) is 102 Å². The highest BCUT2D eigenvalue weighted by molar-refractivity contribution is 5.83. The Hall–Kier alpha value is -3.21. The molecule has 8 heteroatoms. The number of hydrogen-bond acceptors (Lipinski definition) is 8. The summed E-state index contributed by atoms with van der Waals surface area (Å²) in [7, 11) is 4.62. The second-order valence-corrected chi connectivity index (χ2v) is 5.33. The Labute approximate surface area is 146 Å². The number of hydrogen-bond donors (Lipinski definition) is 1. The van der Waals surface area contributed by atoms with E-state index in [1.807, 2.05) is 19.9 Å². The number of nitrogens with zero attached hydrogens (tertiary/aromatic N) is 3. The van der Waals surface area contributed by atoms with Gasteiger partial charge in [0, 0.05) is 11.5 Å². The van der Waals surface area contributed by atoms with Gasteiger partial charge in [0.05, 0.1) is 27.5 Å². The van der Waals surface area contributed by atoms with Gasteiger partial charge in [-0.05, 0) is 12.1 Å². The van der Waals surface area contributed by atoms with Crippen LogP contribution in [0, 0.1) is 11.3 Å². The van der Waals surface area contributed by atoms with Gasteiger partial charge < -0.3 is 18.6 Å². The minimum atomic E-state index is 0.0711. The SMILES string of the molecule is COc1cc(/C=N/Nc2oc(C(C)C)nc2C#N)cc(OC)c1OC. The third-order valence-electron chi connectivity index (χ3n) is 3.31. The van der Waals surface area contributed by atoms with Crippen LogP contribution in [-0.4, -0.2) is 32.5 Å². The number of anilines is 1. The van der Waals surface area contributed by atoms with Crippen molar-refractivity contribution in [1.29, 1.82) is 5.26 Å². The molecule has 0 atom stereocenters. The van der Waals surface area contributed by atoms with Gasteiger partial charge in [-0.2, -0.15) is 10.4 Å². The highest BCUT2D eigenvalue weighted by atomic mass is 16.5. The predicted molar refractivity (Wildman–Crippen MR) is 92.6 cm³/mol. The van der Waals surface area contributed by atoms with E-state index in [9.17, 15) is 0 Å². The maximum atomic E-state index is 9.11. The van der Waals surface area contributed by atoms with Crippen LogP contribution in [0.5, 0.6) is 17.2 Å². The largest absolute Gasteiger partial charge is 0.493 e. The minimum Gasteiger partial charge on any atom is -0.493 e. The molecule has 0 fully saturated rings. The molecule has 0 bridgehead atoms. The first-order chi connectivity index (χ1) is 12.0. The highest BCUT2D eigenvalue weighted by Gasteiger charge is 2.15. The molecular formula is C17H20N4O4. The summed E-state index contributed by atoms with van der Waals surface area (Å²) in [6.07, 6.45) is 1.54. The standard InChI is InChI=1S/C17H20N4O4/c1-10(2)16-20-12(8-18)17(25-16)21-19-9-11-6-13(22-3)15(24-5)14(7-11)23-4/h6-7,9-10,21H,1-5H3/b19-9+. The van der Waals surface area contributed by atoms with Crippen LogP contribution < -0.4 is 19.6 Å². The number of methoxy groups -OCH3 is 3. The molecule has 0 saturated carbocycles. The van der Waals surface area contributed by atoms with Crippen LogP contribution in [0.3, 0.4) is 0 Å². The maximum absolute atomic E-state index is 9.11. The summed E-state index contributed by atoms with van der Waals surface area (Å²) in [5, 5.41) is 13.2. The van der Waals surface area contributed by atoms with Crippen molar-refractivity contribution in [3.63, 3.8) is 0 Å². The van der Waals surface area contributed by atoms with E-state index >= 15 is 0 Å². The van der Waals surface area contributed by atoms with E-state index in [0.29, 0.717) is 28.7 Å². The van der Waals surface area contributed by atoms with Crippen LogP contribution in [-0.2, 0) is 0 Å². The van der Waals surface area contributed by atoms with E-state index < -0.39 is 0 Å². The third-order valence-corrected chi connectivity index (χ3v) is 3.31. The lowest BCUT2D eigenvalue weighted by atomic mass is 10.2. The van der Waals surface area contributed by atoms with Gasteiger partial charge in [0.2, 0.25) is 17.3 Å². The molecule has 25 heavy (non-hydrogen) atoms. The minimum absolute atomic E-state index is 0.0711.